The number of allylic oxidation sites excluding steroid dienone is 2. The SMILES string of the molecule is C[C@@]12CCC[C@H]1[C@@H]1CCC3=CC(OC(=O)CCOSC(=O)SO)C=C[C@]3(C)[C@H]1CC2. The molecule has 6 atom stereocenters. The molecule has 30 heavy (non-hydrogen) atoms. The van der Waals surface area contributed by atoms with Crippen molar-refractivity contribution in [3.05, 3.63) is 23.8 Å². The highest BCUT2D eigenvalue weighted by Crippen LogP contribution is 2.64. The maximum atomic E-state index is 12.1. The molecule has 0 aliphatic heterocycles. The lowest BCUT2D eigenvalue weighted by molar-refractivity contribution is -0.145. The van der Waals surface area contributed by atoms with E-state index in [2.05, 4.69) is 26.0 Å². The van der Waals surface area contributed by atoms with Gasteiger partial charge in [-0.1, -0.05) is 31.9 Å². The topological polar surface area (TPSA) is 72.8 Å². The number of fused-ring (bicyclic) bond motifs is 5. The molecular formula is C23H32O5S2. The molecule has 4 aliphatic rings. The van der Waals surface area contributed by atoms with Gasteiger partial charge < -0.3 is 13.5 Å². The van der Waals surface area contributed by atoms with Crippen molar-refractivity contribution >= 4 is 34.5 Å². The van der Waals surface area contributed by atoms with Gasteiger partial charge in [-0.3, -0.25) is 9.59 Å². The average molecular weight is 453 g/mol. The summed E-state index contributed by atoms with van der Waals surface area (Å²) in [7, 11) is 0. The molecule has 7 heteroatoms. The third-order valence-electron chi connectivity index (χ3n) is 8.28. The summed E-state index contributed by atoms with van der Waals surface area (Å²) in [6.07, 6.45) is 15.5. The molecule has 166 valence electrons. The van der Waals surface area contributed by atoms with Gasteiger partial charge in [-0.05, 0) is 73.8 Å². The minimum absolute atomic E-state index is 0.0738. The minimum atomic E-state index is -0.557. The summed E-state index contributed by atoms with van der Waals surface area (Å²) >= 11 is 0.637. The second-order valence-corrected chi connectivity index (χ2v) is 11.4. The highest BCUT2D eigenvalue weighted by Gasteiger charge is 2.55. The van der Waals surface area contributed by atoms with Gasteiger partial charge in [0.05, 0.1) is 37.1 Å². The van der Waals surface area contributed by atoms with Gasteiger partial charge in [0.25, 0.3) is 4.45 Å². The van der Waals surface area contributed by atoms with Crippen LogP contribution < -0.4 is 0 Å². The normalized spacial score (nSPS) is 39.5. The summed E-state index contributed by atoms with van der Waals surface area (Å²) in [5, 5.41) is 0. The first-order valence-electron chi connectivity index (χ1n) is 11.1. The Bertz CT molecular complexity index is 750. The standard InChI is InChI=1S/C23H32O5S2/c1-22-10-3-4-18(22)17-6-5-15-14-16(7-12-23(15,2)19(17)8-11-22)28-20(24)9-13-27-30-21(25)29-26/h7,12,14,16-19,26H,3-6,8-11,13H2,1-2H3/t16?,17-,18-,19-,22-,23-/m0/s1. The van der Waals surface area contributed by atoms with Crippen LogP contribution in [0.1, 0.15) is 65.2 Å². The fraction of sp³-hybridized carbons (Fsp3) is 0.739. The van der Waals surface area contributed by atoms with Crippen LogP contribution in [0, 0.1) is 28.6 Å². The Morgan fingerprint density at radius 2 is 2.03 bits per heavy atom. The van der Waals surface area contributed by atoms with E-state index in [9.17, 15) is 9.59 Å². The second-order valence-electron chi connectivity index (χ2n) is 9.79. The summed E-state index contributed by atoms with van der Waals surface area (Å²) in [6, 6.07) is 0. The second kappa shape index (κ2) is 9.00. The number of carbonyl (C=O) groups excluding carboxylic acids is 2. The van der Waals surface area contributed by atoms with E-state index in [1.807, 2.05) is 6.08 Å². The lowest BCUT2D eigenvalue weighted by Crippen LogP contribution is -2.48. The van der Waals surface area contributed by atoms with Crippen LogP contribution >= 0.6 is 24.1 Å². The monoisotopic (exact) mass is 452 g/mol. The fourth-order valence-corrected chi connectivity index (χ4v) is 7.34. The van der Waals surface area contributed by atoms with E-state index >= 15 is 0 Å². The van der Waals surface area contributed by atoms with Crippen molar-refractivity contribution in [3.8, 4) is 0 Å². The van der Waals surface area contributed by atoms with Gasteiger partial charge in [-0.25, -0.2) is 0 Å². The quantitative estimate of drug-likeness (QED) is 0.224. The first-order valence-corrected chi connectivity index (χ1v) is 12.6. The van der Waals surface area contributed by atoms with Crippen LogP contribution in [-0.4, -0.2) is 27.7 Å². The Hall–Kier alpha value is -0.760. The Morgan fingerprint density at radius 3 is 2.83 bits per heavy atom. The van der Waals surface area contributed by atoms with Crippen LogP contribution in [0.5, 0.6) is 0 Å². The fourth-order valence-electron chi connectivity index (χ4n) is 6.81. The molecule has 0 aromatic carbocycles. The number of hydrogen-bond donors (Lipinski definition) is 1. The van der Waals surface area contributed by atoms with Crippen molar-refractivity contribution in [2.24, 2.45) is 28.6 Å². The zero-order chi connectivity index (χ0) is 21.4. The van der Waals surface area contributed by atoms with E-state index in [0.29, 0.717) is 23.4 Å². The molecule has 0 aromatic heterocycles. The van der Waals surface area contributed by atoms with Gasteiger partial charge in [0.15, 0.2) is 0 Å². The van der Waals surface area contributed by atoms with E-state index in [1.54, 1.807) is 0 Å². The average Bonchev–Trinajstić information content (AvgIpc) is 3.13. The van der Waals surface area contributed by atoms with Crippen LogP contribution in [0.2, 0.25) is 0 Å². The molecule has 0 amide bonds. The van der Waals surface area contributed by atoms with E-state index in [1.165, 1.54) is 44.1 Å². The summed E-state index contributed by atoms with van der Waals surface area (Å²) in [4.78, 5) is 23.1. The Kier molecular flexibility index (Phi) is 6.73. The van der Waals surface area contributed by atoms with E-state index in [4.69, 9.17) is 13.5 Å². The number of hydrogen-bond acceptors (Lipinski definition) is 7. The molecular weight excluding hydrogens is 420 g/mol. The Labute approximate surface area is 187 Å². The van der Waals surface area contributed by atoms with E-state index < -0.39 is 4.45 Å². The maximum Gasteiger partial charge on any atom is 0.309 e. The molecule has 4 rings (SSSR count). The Morgan fingerprint density at radius 1 is 1.20 bits per heavy atom. The van der Waals surface area contributed by atoms with Gasteiger partial charge in [-0.15, -0.1) is 0 Å². The molecule has 5 nitrogen and oxygen atoms in total. The summed E-state index contributed by atoms with van der Waals surface area (Å²) in [6.45, 7) is 5.00. The molecule has 1 N–H and O–H groups in total. The van der Waals surface area contributed by atoms with Gasteiger partial charge in [0.1, 0.15) is 6.10 Å². The van der Waals surface area contributed by atoms with Crippen LogP contribution in [0.3, 0.4) is 0 Å². The number of carbonyl (C=O) groups is 2. The zero-order valence-electron chi connectivity index (χ0n) is 17.8. The Balaban J connectivity index is 1.34. The maximum absolute atomic E-state index is 12.1. The summed E-state index contributed by atoms with van der Waals surface area (Å²) < 4.78 is 18.6. The van der Waals surface area contributed by atoms with Gasteiger partial charge in [0.2, 0.25) is 0 Å². The molecule has 0 bridgehead atoms. The summed E-state index contributed by atoms with van der Waals surface area (Å²) in [5.41, 5.74) is 2.09. The molecule has 0 aromatic rings. The van der Waals surface area contributed by atoms with Crippen LogP contribution in [0.15, 0.2) is 23.8 Å². The van der Waals surface area contributed by atoms with Crippen LogP contribution in [0.25, 0.3) is 0 Å². The van der Waals surface area contributed by atoms with E-state index in [0.717, 1.165) is 18.3 Å². The number of ether oxygens (including phenoxy) is 1. The smallest absolute Gasteiger partial charge is 0.309 e. The molecule has 0 spiro atoms. The molecule has 1 unspecified atom stereocenters. The number of rotatable bonds is 5. The predicted octanol–water partition coefficient (Wildman–Crippen LogP) is 6.41. The first-order chi connectivity index (χ1) is 14.4. The lowest BCUT2D eigenvalue weighted by atomic mass is 9.48. The van der Waals surface area contributed by atoms with Crippen molar-refractivity contribution in [2.45, 2.75) is 71.3 Å². The molecule has 0 saturated heterocycles. The van der Waals surface area contributed by atoms with E-state index in [-0.39, 0.29) is 42.6 Å². The first kappa shape index (κ1) is 22.4. The molecule has 3 fully saturated rings. The largest absolute Gasteiger partial charge is 0.454 e. The van der Waals surface area contributed by atoms with Crippen LogP contribution in [-0.2, 0) is 13.7 Å². The van der Waals surface area contributed by atoms with Gasteiger partial charge >= 0.3 is 5.97 Å². The minimum Gasteiger partial charge on any atom is -0.454 e. The lowest BCUT2D eigenvalue weighted by Gasteiger charge is -2.56. The van der Waals surface area contributed by atoms with Crippen molar-refractivity contribution in [3.63, 3.8) is 0 Å². The highest BCUT2D eigenvalue weighted by atomic mass is 32.2. The zero-order valence-corrected chi connectivity index (χ0v) is 19.4. The van der Waals surface area contributed by atoms with Crippen molar-refractivity contribution in [1.29, 1.82) is 0 Å². The molecule has 0 heterocycles. The molecule has 3 saturated carbocycles. The van der Waals surface area contributed by atoms with Gasteiger partial charge in [-0.2, -0.15) is 0 Å². The van der Waals surface area contributed by atoms with Crippen molar-refractivity contribution in [2.75, 3.05) is 6.61 Å². The number of esters is 1. The van der Waals surface area contributed by atoms with Crippen LogP contribution in [0.4, 0.5) is 4.79 Å². The molecule has 0 radical (unpaired) electrons. The highest BCUT2D eigenvalue weighted by molar-refractivity contribution is 8.34. The predicted molar refractivity (Wildman–Crippen MR) is 120 cm³/mol. The third kappa shape index (κ3) is 4.27. The van der Waals surface area contributed by atoms with Crippen molar-refractivity contribution in [1.82, 2.24) is 0 Å². The molecule has 4 aliphatic carbocycles. The van der Waals surface area contributed by atoms with Gasteiger partial charge in [0, 0.05) is 5.41 Å². The van der Waals surface area contributed by atoms with Crippen molar-refractivity contribution < 1.29 is 23.1 Å². The summed E-state index contributed by atoms with van der Waals surface area (Å²) in [5.74, 6) is 2.07. The third-order valence-corrected chi connectivity index (χ3v) is 9.28.